The second kappa shape index (κ2) is 9.46. The van der Waals surface area contributed by atoms with Crippen LogP contribution in [0, 0.1) is 6.92 Å². The predicted molar refractivity (Wildman–Crippen MR) is 106 cm³/mol. The average Bonchev–Trinajstić information content (AvgIpc) is 3.11. The zero-order valence-electron chi connectivity index (χ0n) is 14.5. The largest absolute Gasteiger partial charge is 0.339 e. The van der Waals surface area contributed by atoms with Crippen molar-refractivity contribution in [1.82, 2.24) is 10.2 Å². The first-order valence-electron chi connectivity index (χ1n) is 8.64. The van der Waals surface area contributed by atoms with Crippen molar-refractivity contribution in [3.8, 4) is 0 Å². The molecule has 0 radical (unpaired) electrons. The molecule has 1 atom stereocenters. The summed E-state index contributed by atoms with van der Waals surface area (Å²) in [7, 11) is 0. The van der Waals surface area contributed by atoms with E-state index in [9.17, 15) is 9.59 Å². The van der Waals surface area contributed by atoms with Crippen molar-refractivity contribution in [2.45, 2.75) is 32.2 Å². The van der Waals surface area contributed by atoms with Crippen molar-refractivity contribution in [1.29, 1.82) is 0 Å². The Labute approximate surface area is 159 Å². The number of hydrogen-bond acceptors (Lipinski definition) is 4. The van der Waals surface area contributed by atoms with Gasteiger partial charge in [-0.15, -0.1) is 12.4 Å². The highest BCUT2D eigenvalue weighted by Crippen LogP contribution is 2.20. The molecule has 2 amide bonds. The number of carbonyl (C=O) groups excluding carboxylic acids is 2. The van der Waals surface area contributed by atoms with Crippen molar-refractivity contribution in [3.63, 3.8) is 0 Å². The molecule has 2 fully saturated rings. The number of hydrogen-bond donors (Lipinski definition) is 2. The quantitative estimate of drug-likeness (QED) is 0.839. The molecule has 0 bridgehead atoms. The van der Waals surface area contributed by atoms with Gasteiger partial charge in [-0.1, -0.05) is 0 Å². The van der Waals surface area contributed by atoms with Crippen molar-refractivity contribution in [3.05, 3.63) is 29.3 Å². The minimum absolute atomic E-state index is 0. The fraction of sp³-hybridized carbons (Fsp3) is 0.556. The molecule has 1 aromatic carbocycles. The van der Waals surface area contributed by atoms with E-state index >= 15 is 0 Å². The maximum atomic E-state index is 12.4. The van der Waals surface area contributed by atoms with E-state index in [1.165, 1.54) is 0 Å². The lowest BCUT2D eigenvalue weighted by atomic mass is 10.1. The Kier molecular flexibility index (Phi) is 7.59. The Hall–Kier alpha value is -1.24. The molecule has 0 aliphatic carbocycles. The summed E-state index contributed by atoms with van der Waals surface area (Å²) in [5, 5.41) is 6.35. The molecular formula is C18H26ClN3O2S. The van der Waals surface area contributed by atoms with Crippen molar-refractivity contribution >= 4 is 41.7 Å². The van der Waals surface area contributed by atoms with Gasteiger partial charge in [0.1, 0.15) is 0 Å². The minimum atomic E-state index is 0. The van der Waals surface area contributed by atoms with Crippen LogP contribution < -0.4 is 10.6 Å². The predicted octanol–water partition coefficient (Wildman–Crippen LogP) is 2.69. The zero-order valence-corrected chi connectivity index (χ0v) is 16.2. The fourth-order valence-corrected chi connectivity index (χ4v) is 4.16. The number of amides is 2. The molecular weight excluding hydrogens is 358 g/mol. The summed E-state index contributed by atoms with van der Waals surface area (Å²) in [4.78, 5) is 26.6. The number of halogens is 1. The highest BCUT2D eigenvalue weighted by atomic mass is 35.5. The topological polar surface area (TPSA) is 61.4 Å². The van der Waals surface area contributed by atoms with E-state index in [2.05, 4.69) is 10.6 Å². The molecule has 0 spiro atoms. The number of benzene rings is 1. The zero-order chi connectivity index (χ0) is 16.9. The Morgan fingerprint density at radius 1 is 1.32 bits per heavy atom. The lowest BCUT2D eigenvalue weighted by Gasteiger charge is -2.22. The normalized spacial score (nSPS) is 20.0. The molecule has 2 saturated heterocycles. The van der Waals surface area contributed by atoms with Crippen molar-refractivity contribution < 1.29 is 9.59 Å². The van der Waals surface area contributed by atoms with Gasteiger partial charge in [0.15, 0.2) is 0 Å². The van der Waals surface area contributed by atoms with Gasteiger partial charge in [0.25, 0.3) is 5.91 Å². The van der Waals surface area contributed by atoms with Crippen LogP contribution in [0.4, 0.5) is 5.69 Å². The first-order chi connectivity index (χ1) is 11.6. The van der Waals surface area contributed by atoms with E-state index in [-0.39, 0.29) is 30.3 Å². The summed E-state index contributed by atoms with van der Waals surface area (Å²) in [5.41, 5.74) is 2.43. The number of carbonyl (C=O) groups is 2. The lowest BCUT2D eigenvalue weighted by Crippen LogP contribution is -2.39. The van der Waals surface area contributed by atoms with E-state index in [1.54, 1.807) is 0 Å². The maximum Gasteiger partial charge on any atom is 0.253 e. The van der Waals surface area contributed by atoms with Crippen LogP contribution in [0.3, 0.4) is 0 Å². The molecule has 2 N–H and O–H groups in total. The summed E-state index contributed by atoms with van der Waals surface area (Å²) >= 11 is 1.89. The van der Waals surface area contributed by atoms with Crippen LogP contribution in [0.1, 0.15) is 35.2 Å². The average molecular weight is 384 g/mol. The van der Waals surface area contributed by atoms with Gasteiger partial charge in [0.2, 0.25) is 5.91 Å². The van der Waals surface area contributed by atoms with Gasteiger partial charge in [-0.2, -0.15) is 11.8 Å². The molecule has 2 heterocycles. The minimum Gasteiger partial charge on any atom is -0.339 e. The molecule has 0 saturated carbocycles. The number of rotatable bonds is 4. The molecule has 138 valence electrons. The molecule has 2 aliphatic rings. The molecule has 7 heteroatoms. The van der Waals surface area contributed by atoms with E-state index in [0.29, 0.717) is 12.0 Å². The molecule has 2 aliphatic heterocycles. The Morgan fingerprint density at radius 3 is 2.72 bits per heavy atom. The van der Waals surface area contributed by atoms with Gasteiger partial charge in [0, 0.05) is 54.9 Å². The Balaban J connectivity index is 0.00000225. The van der Waals surface area contributed by atoms with Crippen LogP contribution in [0.5, 0.6) is 0 Å². The summed E-state index contributed by atoms with van der Waals surface area (Å²) in [6.45, 7) is 4.60. The second-order valence-electron chi connectivity index (χ2n) is 6.51. The lowest BCUT2D eigenvalue weighted by molar-refractivity contribution is -0.116. The molecule has 0 aromatic heterocycles. The van der Waals surface area contributed by atoms with Gasteiger partial charge < -0.3 is 15.5 Å². The second-order valence-corrected chi connectivity index (χ2v) is 7.66. The van der Waals surface area contributed by atoms with Gasteiger partial charge in [-0.3, -0.25) is 9.59 Å². The first kappa shape index (κ1) is 20.1. The number of anilines is 1. The maximum absolute atomic E-state index is 12.4. The van der Waals surface area contributed by atoms with Crippen LogP contribution >= 0.6 is 24.2 Å². The number of aryl methyl sites for hydroxylation is 1. The molecule has 3 rings (SSSR count). The Morgan fingerprint density at radius 2 is 2.08 bits per heavy atom. The number of thioether (sulfide) groups is 1. The van der Waals surface area contributed by atoms with Gasteiger partial charge in [-0.05, 0) is 43.5 Å². The molecule has 25 heavy (non-hydrogen) atoms. The fourth-order valence-electron chi connectivity index (χ4n) is 3.22. The summed E-state index contributed by atoms with van der Waals surface area (Å²) in [6, 6.07) is 5.79. The summed E-state index contributed by atoms with van der Waals surface area (Å²) in [5.74, 6) is 2.22. The molecule has 1 unspecified atom stereocenters. The SMILES string of the molecule is Cc1cc(C(=O)N2CCCC2)ccc1NC(=O)CC1CSCCN1.Cl. The van der Waals surface area contributed by atoms with E-state index in [4.69, 9.17) is 0 Å². The van der Waals surface area contributed by atoms with Crippen LogP contribution in [0.2, 0.25) is 0 Å². The molecule has 1 aromatic rings. The summed E-state index contributed by atoms with van der Waals surface area (Å²) in [6.07, 6.45) is 2.67. The number of likely N-dealkylation sites (tertiary alicyclic amines) is 1. The van der Waals surface area contributed by atoms with Gasteiger partial charge in [-0.25, -0.2) is 0 Å². The number of nitrogens with one attached hydrogen (secondary N) is 2. The van der Waals surface area contributed by atoms with Crippen LogP contribution in [0.25, 0.3) is 0 Å². The third kappa shape index (κ3) is 5.36. The summed E-state index contributed by atoms with van der Waals surface area (Å²) < 4.78 is 0. The van der Waals surface area contributed by atoms with Gasteiger partial charge in [0.05, 0.1) is 0 Å². The van der Waals surface area contributed by atoms with Crippen LogP contribution in [-0.2, 0) is 4.79 Å². The van der Waals surface area contributed by atoms with Crippen LogP contribution in [-0.4, -0.2) is 53.9 Å². The van der Waals surface area contributed by atoms with E-state index in [1.807, 2.05) is 41.8 Å². The van der Waals surface area contributed by atoms with E-state index < -0.39 is 0 Å². The van der Waals surface area contributed by atoms with E-state index in [0.717, 1.165) is 55.2 Å². The number of nitrogens with zero attached hydrogens (tertiary/aromatic N) is 1. The molecule has 5 nitrogen and oxygen atoms in total. The Bertz CT molecular complexity index is 614. The third-order valence-electron chi connectivity index (χ3n) is 4.57. The van der Waals surface area contributed by atoms with Crippen molar-refractivity contribution in [2.24, 2.45) is 0 Å². The standard InChI is InChI=1S/C18H25N3O2S.ClH/c1-13-10-14(18(23)21-7-2-3-8-21)4-5-16(13)20-17(22)11-15-12-24-9-6-19-15;/h4-5,10,15,19H,2-3,6-9,11-12H2,1H3,(H,20,22);1H. The first-order valence-corrected chi connectivity index (χ1v) is 9.80. The highest BCUT2D eigenvalue weighted by molar-refractivity contribution is 7.99. The van der Waals surface area contributed by atoms with Crippen LogP contribution in [0.15, 0.2) is 18.2 Å². The third-order valence-corrected chi connectivity index (χ3v) is 5.70. The highest BCUT2D eigenvalue weighted by Gasteiger charge is 2.20. The van der Waals surface area contributed by atoms with Crippen molar-refractivity contribution in [2.75, 3.05) is 36.5 Å². The smallest absolute Gasteiger partial charge is 0.253 e. The monoisotopic (exact) mass is 383 g/mol. The van der Waals surface area contributed by atoms with Gasteiger partial charge >= 0.3 is 0 Å².